The number of rotatable bonds is 8. The third kappa shape index (κ3) is 4.97. The fraction of sp³-hybridized carbons (Fsp3) is 0.167. The molecule has 0 fully saturated rings. The molecule has 0 saturated carbocycles. The molecule has 30 heavy (non-hydrogen) atoms. The van der Waals surface area contributed by atoms with Gasteiger partial charge in [0.2, 0.25) is 0 Å². The average molecular weight is 404 g/mol. The minimum atomic E-state index is -1.35. The molecule has 0 bridgehead atoms. The number of anilines is 1. The van der Waals surface area contributed by atoms with Crippen LogP contribution in [-0.4, -0.2) is 25.6 Å². The second kappa shape index (κ2) is 9.60. The number of methoxy groups -OCH3 is 1. The van der Waals surface area contributed by atoms with Gasteiger partial charge in [0.1, 0.15) is 11.5 Å². The Labute approximate surface area is 175 Å². The van der Waals surface area contributed by atoms with Crippen LogP contribution in [0, 0.1) is 6.92 Å². The fourth-order valence-electron chi connectivity index (χ4n) is 3.04. The van der Waals surface area contributed by atoms with Crippen LogP contribution in [0.2, 0.25) is 0 Å². The van der Waals surface area contributed by atoms with E-state index in [1.807, 2.05) is 37.3 Å². The summed E-state index contributed by atoms with van der Waals surface area (Å²) in [6.45, 7) is 1.83. The van der Waals surface area contributed by atoms with E-state index in [0.29, 0.717) is 11.5 Å². The molecule has 0 aliphatic rings. The van der Waals surface area contributed by atoms with Crippen LogP contribution in [0.1, 0.15) is 21.5 Å². The van der Waals surface area contributed by atoms with Crippen molar-refractivity contribution in [3.8, 4) is 11.5 Å². The Kier molecular flexibility index (Phi) is 6.70. The standard InChI is InChI=1S/C24H23NO5/c1-17-7-3-6-10-22(17)30-16-23(26)25(15-18-11-13-19(29-2)14-12-18)21-9-5-4-8-20(21)24(27)28/h3-14H,15-16H2,1-2H3,(H,27,28)/p-1. The van der Waals surface area contributed by atoms with Crippen LogP contribution in [-0.2, 0) is 11.3 Å². The first-order valence-corrected chi connectivity index (χ1v) is 9.41. The maximum Gasteiger partial charge on any atom is 0.265 e. The van der Waals surface area contributed by atoms with E-state index in [1.165, 1.54) is 11.0 Å². The summed E-state index contributed by atoms with van der Waals surface area (Å²) in [6.07, 6.45) is 0. The van der Waals surface area contributed by atoms with E-state index in [2.05, 4.69) is 0 Å². The van der Waals surface area contributed by atoms with Crippen LogP contribution >= 0.6 is 0 Å². The first kappa shape index (κ1) is 20.9. The highest BCUT2D eigenvalue weighted by Gasteiger charge is 2.20. The summed E-state index contributed by atoms with van der Waals surface area (Å²) >= 11 is 0. The highest BCUT2D eigenvalue weighted by atomic mass is 16.5. The predicted molar refractivity (Wildman–Crippen MR) is 112 cm³/mol. The van der Waals surface area contributed by atoms with E-state index in [9.17, 15) is 14.7 Å². The van der Waals surface area contributed by atoms with E-state index in [-0.39, 0.29) is 30.3 Å². The molecule has 3 rings (SSSR count). The SMILES string of the molecule is COc1ccc(CN(C(=O)COc2ccccc2C)c2ccccc2C(=O)[O-])cc1. The van der Waals surface area contributed by atoms with Gasteiger partial charge in [-0.3, -0.25) is 4.79 Å². The van der Waals surface area contributed by atoms with Crippen LogP contribution in [0.25, 0.3) is 0 Å². The predicted octanol–water partition coefficient (Wildman–Crippen LogP) is 2.98. The molecule has 154 valence electrons. The summed E-state index contributed by atoms with van der Waals surface area (Å²) < 4.78 is 10.9. The van der Waals surface area contributed by atoms with Crippen molar-refractivity contribution in [3.63, 3.8) is 0 Å². The first-order chi connectivity index (χ1) is 14.5. The van der Waals surface area contributed by atoms with Gasteiger partial charge in [-0.1, -0.05) is 48.5 Å². The van der Waals surface area contributed by atoms with Gasteiger partial charge >= 0.3 is 0 Å². The van der Waals surface area contributed by atoms with Crippen LogP contribution in [0.4, 0.5) is 5.69 Å². The van der Waals surface area contributed by atoms with Crippen LogP contribution in [0.5, 0.6) is 11.5 Å². The van der Waals surface area contributed by atoms with Gasteiger partial charge in [-0.2, -0.15) is 0 Å². The van der Waals surface area contributed by atoms with Crippen LogP contribution in [0.3, 0.4) is 0 Å². The maximum atomic E-state index is 13.1. The lowest BCUT2D eigenvalue weighted by Crippen LogP contribution is -2.36. The van der Waals surface area contributed by atoms with E-state index >= 15 is 0 Å². The molecule has 0 saturated heterocycles. The summed E-state index contributed by atoms with van der Waals surface area (Å²) in [6, 6.07) is 20.9. The van der Waals surface area contributed by atoms with Gasteiger partial charge in [0.05, 0.1) is 25.3 Å². The number of ether oxygens (including phenoxy) is 2. The second-order valence-electron chi connectivity index (χ2n) is 6.69. The first-order valence-electron chi connectivity index (χ1n) is 9.41. The number of aryl methyl sites for hydroxylation is 1. The number of nitrogens with zero attached hydrogens (tertiary/aromatic N) is 1. The van der Waals surface area contributed by atoms with Crippen molar-refractivity contribution in [1.29, 1.82) is 0 Å². The Morgan fingerprint density at radius 1 is 0.933 bits per heavy atom. The molecule has 0 aliphatic carbocycles. The van der Waals surface area contributed by atoms with Gasteiger partial charge in [-0.15, -0.1) is 0 Å². The molecule has 6 nitrogen and oxygen atoms in total. The van der Waals surface area contributed by atoms with Gasteiger partial charge in [0.15, 0.2) is 6.61 Å². The molecule has 0 N–H and O–H groups in total. The van der Waals surface area contributed by atoms with Crippen LogP contribution < -0.4 is 19.5 Å². The smallest absolute Gasteiger partial charge is 0.265 e. The Bertz CT molecular complexity index is 1030. The minimum absolute atomic E-state index is 0.0600. The molecule has 1 amide bonds. The van der Waals surface area contributed by atoms with Crippen molar-refractivity contribution in [2.45, 2.75) is 13.5 Å². The Morgan fingerprint density at radius 2 is 1.60 bits per heavy atom. The van der Waals surface area contributed by atoms with E-state index in [1.54, 1.807) is 43.5 Å². The van der Waals surface area contributed by atoms with Gasteiger partial charge in [0.25, 0.3) is 5.91 Å². The minimum Gasteiger partial charge on any atom is -0.545 e. The van der Waals surface area contributed by atoms with Crippen molar-refractivity contribution >= 4 is 17.6 Å². The monoisotopic (exact) mass is 404 g/mol. The number of carboxylic acid groups (broad SMARTS) is 1. The summed E-state index contributed by atoms with van der Waals surface area (Å²) in [7, 11) is 1.57. The van der Waals surface area contributed by atoms with Gasteiger partial charge in [0, 0.05) is 5.56 Å². The number of carbonyl (C=O) groups excluding carboxylic acids is 2. The highest BCUT2D eigenvalue weighted by molar-refractivity contribution is 6.01. The van der Waals surface area contributed by atoms with Crippen molar-refractivity contribution in [2.24, 2.45) is 0 Å². The van der Waals surface area contributed by atoms with Crippen LogP contribution in [0.15, 0.2) is 72.8 Å². The topological polar surface area (TPSA) is 78.9 Å². The summed E-state index contributed by atoms with van der Waals surface area (Å²) in [5.74, 6) is -0.432. The second-order valence-corrected chi connectivity index (χ2v) is 6.69. The molecule has 0 aromatic heterocycles. The number of carboxylic acids is 1. The molecule has 3 aromatic carbocycles. The highest BCUT2D eigenvalue weighted by Crippen LogP contribution is 2.24. The summed E-state index contributed by atoms with van der Waals surface area (Å²) in [5.41, 5.74) is 1.91. The van der Waals surface area contributed by atoms with E-state index < -0.39 is 5.97 Å². The fourth-order valence-corrected chi connectivity index (χ4v) is 3.04. The zero-order valence-corrected chi connectivity index (χ0v) is 16.8. The van der Waals surface area contributed by atoms with Crippen molar-refractivity contribution in [1.82, 2.24) is 0 Å². The number of aromatic carboxylic acids is 1. The van der Waals surface area contributed by atoms with E-state index in [0.717, 1.165) is 11.1 Å². The van der Waals surface area contributed by atoms with Gasteiger partial charge in [-0.05, 0) is 42.3 Å². The number of hydrogen-bond donors (Lipinski definition) is 0. The molecular formula is C24H22NO5-. The number of hydrogen-bond acceptors (Lipinski definition) is 5. The molecule has 6 heteroatoms. The molecule has 0 spiro atoms. The Balaban J connectivity index is 1.89. The van der Waals surface area contributed by atoms with Crippen molar-refractivity contribution in [3.05, 3.63) is 89.5 Å². The lowest BCUT2D eigenvalue weighted by molar-refractivity contribution is -0.254. The number of carbonyl (C=O) groups is 2. The van der Waals surface area contributed by atoms with Crippen molar-refractivity contribution < 1.29 is 24.2 Å². The molecular weight excluding hydrogens is 382 g/mol. The van der Waals surface area contributed by atoms with Gasteiger partial charge < -0.3 is 24.3 Å². The summed E-state index contributed by atoms with van der Waals surface area (Å²) in [5, 5.41) is 11.6. The molecule has 0 atom stereocenters. The molecule has 0 radical (unpaired) electrons. The quantitative estimate of drug-likeness (QED) is 0.577. The molecule has 3 aromatic rings. The normalized spacial score (nSPS) is 10.3. The van der Waals surface area contributed by atoms with E-state index in [4.69, 9.17) is 9.47 Å². The molecule has 0 unspecified atom stereocenters. The number of benzene rings is 3. The Morgan fingerprint density at radius 3 is 2.27 bits per heavy atom. The average Bonchev–Trinajstić information content (AvgIpc) is 2.77. The number of para-hydroxylation sites is 2. The lowest BCUT2D eigenvalue weighted by atomic mass is 10.1. The molecule has 0 heterocycles. The summed E-state index contributed by atoms with van der Waals surface area (Å²) in [4.78, 5) is 26.1. The largest absolute Gasteiger partial charge is 0.545 e. The zero-order valence-electron chi connectivity index (χ0n) is 16.8. The molecule has 0 aliphatic heterocycles. The third-order valence-electron chi connectivity index (χ3n) is 4.66. The third-order valence-corrected chi connectivity index (χ3v) is 4.66. The Hall–Kier alpha value is -3.80. The van der Waals surface area contributed by atoms with Crippen molar-refractivity contribution in [2.75, 3.05) is 18.6 Å². The zero-order chi connectivity index (χ0) is 21.5. The van der Waals surface area contributed by atoms with Gasteiger partial charge in [-0.25, -0.2) is 0 Å². The number of amides is 1. The maximum absolute atomic E-state index is 13.1. The lowest BCUT2D eigenvalue weighted by Gasteiger charge is -2.26.